The van der Waals surface area contributed by atoms with Crippen LogP contribution in [0.25, 0.3) is 0 Å². The second-order valence-electron chi connectivity index (χ2n) is 14.5. The van der Waals surface area contributed by atoms with E-state index >= 15 is 0 Å². The summed E-state index contributed by atoms with van der Waals surface area (Å²) in [6.07, 6.45) is 18.9. The van der Waals surface area contributed by atoms with Crippen molar-refractivity contribution < 1.29 is 19.0 Å². The van der Waals surface area contributed by atoms with Gasteiger partial charge in [0, 0.05) is 98.1 Å². The van der Waals surface area contributed by atoms with Crippen LogP contribution in [0.4, 0.5) is 0 Å². The Kier molecular flexibility index (Phi) is 17.1. The smallest absolute Gasteiger partial charge is 0.247 e. The molecule has 1 saturated carbocycles. The van der Waals surface area contributed by atoms with Crippen LogP contribution >= 0.6 is 23.2 Å². The number of carbonyl (C=O) groups is 1. The lowest BCUT2D eigenvalue weighted by atomic mass is 9.90. The van der Waals surface area contributed by atoms with Gasteiger partial charge >= 0.3 is 0 Å². The maximum absolute atomic E-state index is 12.6. The van der Waals surface area contributed by atoms with Crippen molar-refractivity contribution in [2.24, 2.45) is 15.9 Å². The molecule has 3 unspecified atom stereocenters. The molecule has 1 amide bonds. The number of hydrogen-bond donors (Lipinski definition) is 1. The van der Waals surface area contributed by atoms with Crippen molar-refractivity contribution in [3.63, 3.8) is 0 Å². The van der Waals surface area contributed by atoms with Crippen molar-refractivity contribution in [2.75, 3.05) is 47.5 Å². The molecule has 57 heavy (non-hydrogen) atoms. The normalized spacial score (nSPS) is 23.2. The van der Waals surface area contributed by atoms with Crippen molar-refractivity contribution in [3.8, 4) is 0 Å². The van der Waals surface area contributed by atoms with Gasteiger partial charge in [0.05, 0.1) is 42.3 Å². The number of likely N-dealkylation sites (tertiary alicyclic amines) is 1. The Bertz CT molecular complexity index is 1810. The zero-order valence-corrected chi connectivity index (χ0v) is 36.7. The lowest BCUT2D eigenvalue weighted by Crippen LogP contribution is -2.57. The van der Waals surface area contributed by atoms with Crippen LogP contribution in [0.1, 0.15) is 73.1 Å². The number of aliphatic imine (C=N–C) groups is 2. The van der Waals surface area contributed by atoms with Gasteiger partial charge in [-0.1, -0.05) is 67.6 Å². The van der Waals surface area contributed by atoms with Crippen molar-refractivity contribution in [2.45, 2.75) is 91.3 Å². The molecular weight excluding hydrogens is 759 g/mol. The predicted molar refractivity (Wildman–Crippen MR) is 236 cm³/mol. The standard InChI is InChI=1S/C45H62Cl2N6O4/c1-12-32(31(8)51(9)43(48-15-4)23-33-22-38(46)41(56-11)25-42(45(33)47)57-16-5)26-49-29(6)37(13-2)40(55-10)24-39(30(7)50-44(54)14-3)53-35-20-21-36(53)28-52(27-35)34-18-17-19-34/h12-14,22,24-26,33-36H,1,3,6,15-21,23,27-28H2,2,4-5,7-11H3,(H,50,54)/b32-31+,37-13-,39-30-,40-24+,48-43-,49-26-. The Balaban J connectivity index is 1.62. The minimum atomic E-state index is -0.309. The van der Waals surface area contributed by atoms with E-state index < -0.39 is 0 Å². The number of ether oxygens (including phenoxy) is 3. The topological polar surface area (TPSA) is 91.2 Å². The average Bonchev–Trinajstić information content (AvgIpc) is 3.36. The van der Waals surface area contributed by atoms with Gasteiger partial charge in [0.2, 0.25) is 5.91 Å². The molecule has 2 aliphatic heterocycles. The molecule has 0 aromatic heterocycles. The molecule has 2 bridgehead atoms. The van der Waals surface area contributed by atoms with Crippen molar-refractivity contribution in [1.29, 1.82) is 0 Å². The molecule has 2 aliphatic carbocycles. The molecule has 12 heteroatoms. The predicted octanol–water partition coefficient (Wildman–Crippen LogP) is 9.25. The van der Waals surface area contributed by atoms with Crippen LogP contribution in [0.15, 0.2) is 127 Å². The van der Waals surface area contributed by atoms with Gasteiger partial charge in [-0.15, -0.1) is 0 Å². The Morgan fingerprint density at radius 1 is 1.07 bits per heavy atom. The molecule has 0 aromatic carbocycles. The van der Waals surface area contributed by atoms with Gasteiger partial charge in [-0.05, 0) is 66.4 Å². The molecule has 0 radical (unpaired) electrons. The molecular formula is C45H62Cl2N6O4. The highest BCUT2D eigenvalue weighted by Gasteiger charge is 2.43. The van der Waals surface area contributed by atoms with Gasteiger partial charge in [-0.25, -0.2) is 0 Å². The number of allylic oxidation sites excluding steroid dienone is 10. The first-order chi connectivity index (χ1) is 27.3. The number of rotatable bonds is 18. The Morgan fingerprint density at radius 2 is 1.75 bits per heavy atom. The fraction of sp³-hybridized carbons (Fsp3) is 0.489. The van der Waals surface area contributed by atoms with Gasteiger partial charge in [0.15, 0.2) is 0 Å². The largest absolute Gasteiger partial charge is 0.496 e. The highest BCUT2D eigenvalue weighted by molar-refractivity contribution is 6.33. The average molecular weight is 822 g/mol. The van der Waals surface area contributed by atoms with E-state index in [0.29, 0.717) is 70.7 Å². The minimum Gasteiger partial charge on any atom is -0.496 e. The Labute approximate surface area is 351 Å². The fourth-order valence-electron chi connectivity index (χ4n) is 7.80. The third-order valence-electron chi connectivity index (χ3n) is 11.2. The first-order valence-corrected chi connectivity index (χ1v) is 20.7. The molecule has 3 fully saturated rings. The van der Waals surface area contributed by atoms with Gasteiger partial charge < -0.3 is 29.3 Å². The number of nitrogens with zero attached hydrogens (tertiary/aromatic N) is 5. The Hall–Kier alpha value is -4.25. The summed E-state index contributed by atoms with van der Waals surface area (Å²) in [5.74, 6) is 1.82. The van der Waals surface area contributed by atoms with Crippen molar-refractivity contribution in [1.82, 2.24) is 20.0 Å². The van der Waals surface area contributed by atoms with E-state index in [4.69, 9.17) is 47.4 Å². The highest BCUT2D eigenvalue weighted by atomic mass is 35.5. The van der Waals surface area contributed by atoms with Gasteiger partial charge in [0.25, 0.3) is 0 Å². The van der Waals surface area contributed by atoms with E-state index in [0.717, 1.165) is 60.0 Å². The molecule has 3 atom stereocenters. The van der Waals surface area contributed by atoms with Crippen LogP contribution in [-0.4, -0.2) is 98.3 Å². The van der Waals surface area contributed by atoms with Crippen molar-refractivity contribution >= 4 is 41.2 Å². The van der Waals surface area contributed by atoms with Gasteiger partial charge in [-0.2, -0.15) is 0 Å². The quantitative estimate of drug-likeness (QED) is 0.0485. The monoisotopic (exact) mass is 820 g/mol. The molecule has 1 N–H and O–H groups in total. The maximum Gasteiger partial charge on any atom is 0.247 e. The summed E-state index contributed by atoms with van der Waals surface area (Å²) in [6, 6.07) is 1.38. The summed E-state index contributed by atoms with van der Waals surface area (Å²) in [6.45, 7) is 24.9. The van der Waals surface area contributed by atoms with E-state index in [1.54, 1.807) is 32.6 Å². The number of piperazine rings is 1. The second kappa shape index (κ2) is 21.5. The van der Waals surface area contributed by atoms with Crippen LogP contribution < -0.4 is 5.32 Å². The summed E-state index contributed by atoms with van der Waals surface area (Å²) in [4.78, 5) is 29.4. The molecule has 10 nitrogen and oxygen atoms in total. The number of amides is 1. The minimum absolute atomic E-state index is 0.254. The van der Waals surface area contributed by atoms with Crippen LogP contribution in [0.2, 0.25) is 0 Å². The number of methoxy groups -OCH3 is 2. The van der Waals surface area contributed by atoms with Crippen molar-refractivity contribution in [3.05, 3.63) is 117 Å². The molecule has 0 spiro atoms. The molecule has 2 saturated heterocycles. The molecule has 2 heterocycles. The SMILES string of the molecule is C=CC(=O)N/C(C)=C(/C=C(OC)\C(=C/C)C(=C)/N=C\C(C=C)=C(/C)N(C)/C(CC1C=C(Cl)C(OC)=CC(OCC)=C1Cl)=N\CC)N1C2CCC1CN(C1CCC1)C2. The first-order valence-electron chi connectivity index (χ1n) is 19.9. The number of hydrogen-bond acceptors (Lipinski definition) is 8. The van der Waals surface area contributed by atoms with E-state index in [1.807, 2.05) is 64.8 Å². The summed E-state index contributed by atoms with van der Waals surface area (Å²) >= 11 is 13.6. The van der Waals surface area contributed by atoms with Crippen LogP contribution in [0.3, 0.4) is 0 Å². The number of carbonyl (C=O) groups excluding carboxylic acids is 1. The highest BCUT2D eigenvalue weighted by Crippen LogP contribution is 2.39. The maximum atomic E-state index is 12.6. The fourth-order valence-corrected chi connectivity index (χ4v) is 8.34. The zero-order valence-electron chi connectivity index (χ0n) is 35.2. The summed E-state index contributed by atoms with van der Waals surface area (Å²) in [5.41, 5.74) is 4.56. The third kappa shape index (κ3) is 11.0. The summed E-state index contributed by atoms with van der Waals surface area (Å²) in [7, 11) is 5.17. The summed E-state index contributed by atoms with van der Waals surface area (Å²) < 4.78 is 17.4. The Morgan fingerprint density at radius 3 is 2.28 bits per heavy atom. The third-order valence-corrected chi connectivity index (χ3v) is 11.9. The molecule has 310 valence electrons. The number of nitrogens with one attached hydrogen (secondary N) is 1. The molecule has 4 aliphatic rings. The van der Waals surface area contributed by atoms with E-state index in [2.05, 4.69) is 34.9 Å². The molecule has 4 rings (SSSR count). The van der Waals surface area contributed by atoms with Crippen LogP contribution in [0, 0.1) is 5.92 Å². The van der Waals surface area contributed by atoms with Crippen LogP contribution in [-0.2, 0) is 19.0 Å². The van der Waals surface area contributed by atoms with E-state index in [9.17, 15) is 4.79 Å². The summed E-state index contributed by atoms with van der Waals surface area (Å²) in [5, 5.41) is 3.99. The lowest BCUT2D eigenvalue weighted by molar-refractivity contribution is -0.115. The number of halogens is 2. The second-order valence-corrected chi connectivity index (χ2v) is 15.3. The van der Waals surface area contributed by atoms with Gasteiger partial charge in [0.1, 0.15) is 23.1 Å². The molecule has 0 aromatic rings. The number of amidine groups is 1. The first kappa shape index (κ1) is 45.5. The van der Waals surface area contributed by atoms with Gasteiger partial charge in [-0.3, -0.25) is 19.7 Å². The number of fused-ring (bicyclic) bond motifs is 2. The van der Waals surface area contributed by atoms with E-state index in [-0.39, 0.29) is 11.8 Å². The zero-order chi connectivity index (χ0) is 41.8. The lowest BCUT2D eigenvalue weighted by Gasteiger charge is -2.48. The van der Waals surface area contributed by atoms with E-state index in [1.165, 1.54) is 25.3 Å². The van der Waals surface area contributed by atoms with Crippen LogP contribution in [0.5, 0.6) is 0 Å².